The zero-order chi connectivity index (χ0) is 17.5. The van der Waals surface area contributed by atoms with Crippen LogP contribution < -0.4 is 4.74 Å². The van der Waals surface area contributed by atoms with Gasteiger partial charge in [0.1, 0.15) is 11.8 Å². The second-order valence-electron chi connectivity index (χ2n) is 5.93. The van der Waals surface area contributed by atoms with Crippen LogP contribution in [-0.4, -0.2) is 31.8 Å². The maximum Gasteiger partial charge on any atom is 0.339 e. The standard InChI is InChI=1S/C17H21NO5/c1-17(2,3)16(20)22-10-9-14(11-18)23-15(19)12-5-7-13(21-4)8-6-12/h5-8,14H,9-10H2,1-4H3/t14-/m1/s1. The van der Waals surface area contributed by atoms with E-state index in [-0.39, 0.29) is 19.0 Å². The number of carbonyl (C=O) groups is 2. The molecule has 0 amide bonds. The highest BCUT2D eigenvalue weighted by Gasteiger charge is 2.23. The van der Waals surface area contributed by atoms with Crippen molar-refractivity contribution in [2.24, 2.45) is 5.41 Å². The predicted octanol–water partition coefficient (Wildman–Crippen LogP) is 2.72. The Morgan fingerprint density at radius 2 is 1.83 bits per heavy atom. The number of benzene rings is 1. The Morgan fingerprint density at radius 1 is 1.22 bits per heavy atom. The number of hydrogen-bond donors (Lipinski definition) is 0. The number of hydrogen-bond acceptors (Lipinski definition) is 6. The number of methoxy groups -OCH3 is 1. The number of ether oxygens (including phenoxy) is 3. The van der Waals surface area contributed by atoms with Crippen molar-refractivity contribution < 1.29 is 23.8 Å². The summed E-state index contributed by atoms with van der Waals surface area (Å²) in [6.45, 7) is 5.23. The molecule has 0 aliphatic rings. The summed E-state index contributed by atoms with van der Waals surface area (Å²) in [5, 5.41) is 9.04. The van der Waals surface area contributed by atoms with Gasteiger partial charge in [-0.05, 0) is 45.0 Å². The van der Waals surface area contributed by atoms with E-state index >= 15 is 0 Å². The van der Waals surface area contributed by atoms with E-state index in [9.17, 15) is 9.59 Å². The van der Waals surface area contributed by atoms with Gasteiger partial charge in [-0.2, -0.15) is 5.26 Å². The van der Waals surface area contributed by atoms with Crippen molar-refractivity contribution in [3.8, 4) is 11.8 Å². The summed E-state index contributed by atoms with van der Waals surface area (Å²) in [7, 11) is 1.53. The van der Waals surface area contributed by atoms with Crippen molar-refractivity contribution in [1.29, 1.82) is 5.26 Å². The molecule has 0 aliphatic heterocycles. The molecule has 1 aromatic carbocycles. The molecule has 0 heterocycles. The molecule has 0 aromatic heterocycles. The lowest BCUT2D eigenvalue weighted by molar-refractivity contribution is -0.153. The lowest BCUT2D eigenvalue weighted by atomic mass is 9.97. The zero-order valence-electron chi connectivity index (χ0n) is 13.8. The van der Waals surface area contributed by atoms with Crippen LogP contribution in [0.25, 0.3) is 0 Å². The number of carbonyl (C=O) groups excluding carboxylic acids is 2. The SMILES string of the molecule is COc1ccc(C(=O)O[C@@H](C#N)CCOC(=O)C(C)(C)C)cc1. The molecule has 0 radical (unpaired) electrons. The Labute approximate surface area is 136 Å². The van der Waals surface area contributed by atoms with Gasteiger partial charge >= 0.3 is 11.9 Å². The largest absolute Gasteiger partial charge is 0.497 e. The van der Waals surface area contributed by atoms with Crippen LogP contribution >= 0.6 is 0 Å². The molecule has 124 valence electrons. The molecule has 6 nitrogen and oxygen atoms in total. The molecule has 0 N–H and O–H groups in total. The summed E-state index contributed by atoms with van der Waals surface area (Å²) in [5.41, 5.74) is -0.292. The Bertz CT molecular complexity index is 580. The van der Waals surface area contributed by atoms with Crippen molar-refractivity contribution in [3.05, 3.63) is 29.8 Å². The normalized spacial score (nSPS) is 12.0. The molecule has 0 fully saturated rings. The van der Waals surface area contributed by atoms with Gasteiger partial charge in [0.05, 0.1) is 24.7 Å². The second kappa shape index (κ2) is 8.18. The van der Waals surface area contributed by atoms with E-state index in [1.54, 1.807) is 45.0 Å². The lowest BCUT2D eigenvalue weighted by Crippen LogP contribution is -2.25. The fourth-order valence-electron chi connectivity index (χ4n) is 1.55. The highest BCUT2D eigenvalue weighted by Crippen LogP contribution is 2.16. The topological polar surface area (TPSA) is 85.6 Å². The minimum atomic E-state index is -0.975. The van der Waals surface area contributed by atoms with E-state index in [1.807, 2.05) is 6.07 Å². The summed E-state index contributed by atoms with van der Waals surface area (Å²) in [6.07, 6.45) is -0.849. The summed E-state index contributed by atoms with van der Waals surface area (Å²) in [4.78, 5) is 23.6. The lowest BCUT2D eigenvalue weighted by Gasteiger charge is -2.17. The molecule has 1 rings (SSSR count). The summed E-state index contributed by atoms with van der Waals surface area (Å²) < 4.78 is 15.2. The molecule has 23 heavy (non-hydrogen) atoms. The molecule has 1 atom stereocenters. The summed E-state index contributed by atoms with van der Waals surface area (Å²) >= 11 is 0. The van der Waals surface area contributed by atoms with Gasteiger partial charge in [-0.25, -0.2) is 4.79 Å². The Morgan fingerprint density at radius 3 is 2.30 bits per heavy atom. The van der Waals surface area contributed by atoms with Crippen molar-refractivity contribution in [2.75, 3.05) is 13.7 Å². The van der Waals surface area contributed by atoms with Crippen LogP contribution in [0.1, 0.15) is 37.6 Å². The van der Waals surface area contributed by atoms with Crippen LogP contribution in [0.5, 0.6) is 5.75 Å². The van der Waals surface area contributed by atoms with Crippen molar-refractivity contribution in [3.63, 3.8) is 0 Å². The zero-order valence-corrected chi connectivity index (χ0v) is 13.8. The van der Waals surface area contributed by atoms with Gasteiger partial charge in [0.2, 0.25) is 0 Å². The Kier molecular flexibility index (Phi) is 6.58. The fraction of sp³-hybridized carbons (Fsp3) is 0.471. The van der Waals surface area contributed by atoms with Gasteiger partial charge in [0.25, 0.3) is 0 Å². The quantitative estimate of drug-likeness (QED) is 0.749. The molecule has 6 heteroatoms. The molecular formula is C17H21NO5. The first-order chi connectivity index (χ1) is 10.8. The van der Waals surface area contributed by atoms with Crippen LogP contribution in [0, 0.1) is 16.7 Å². The molecule has 0 saturated heterocycles. The summed E-state index contributed by atoms with van der Waals surface area (Å²) in [5.74, 6) is -0.357. The molecular weight excluding hydrogens is 298 g/mol. The maximum atomic E-state index is 11.9. The first-order valence-corrected chi connectivity index (χ1v) is 7.20. The number of rotatable bonds is 6. The van der Waals surface area contributed by atoms with Gasteiger partial charge in [0.15, 0.2) is 6.10 Å². The average molecular weight is 319 g/mol. The Balaban J connectivity index is 2.51. The van der Waals surface area contributed by atoms with Crippen LogP contribution in [0.4, 0.5) is 0 Å². The molecule has 1 aromatic rings. The van der Waals surface area contributed by atoms with Crippen LogP contribution in [0.15, 0.2) is 24.3 Å². The van der Waals surface area contributed by atoms with Gasteiger partial charge in [0, 0.05) is 6.42 Å². The first kappa shape index (κ1) is 18.5. The second-order valence-corrected chi connectivity index (χ2v) is 5.93. The third-order valence-corrected chi connectivity index (χ3v) is 2.94. The van der Waals surface area contributed by atoms with Gasteiger partial charge in [-0.15, -0.1) is 0 Å². The van der Waals surface area contributed by atoms with E-state index in [1.165, 1.54) is 7.11 Å². The third-order valence-electron chi connectivity index (χ3n) is 2.94. The van der Waals surface area contributed by atoms with Crippen molar-refractivity contribution in [1.82, 2.24) is 0 Å². The highest BCUT2D eigenvalue weighted by molar-refractivity contribution is 5.89. The molecule has 0 bridgehead atoms. The predicted molar refractivity (Wildman–Crippen MR) is 82.8 cm³/mol. The first-order valence-electron chi connectivity index (χ1n) is 7.20. The number of esters is 2. The molecule has 0 spiro atoms. The minimum Gasteiger partial charge on any atom is -0.497 e. The number of nitriles is 1. The highest BCUT2D eigenvalue weighted by atomic mass is 16.6. The molecule has 0 saturated carbocycles. The van der Waals surface area contributed by atoms with Crippen LogP contribution in [0.2, 0.25) is 0 Å². The van der Waals surface area contributed by atoms with Gasteiger partial charge in [-0.3, -0.25) is 4.79 Å². The van der Waals surface area contributed by atoms with Gasteiger partial charge in [-0.1, -0.05) is 0 Å². The minimum absolute atomic E-state index is 0.0181. The fourth-order valence-corrected chi connectivity index (χ4v) is 1.55. The van der Waals surface area contributed by atoms with Crippen molar-refractivity contribution >= 4 is 11.9 Å². The van der Waals surface area contributed by atoms with E-state index in [0.717, 1.165) is 0 Å². The Hall–Kier alpha value is -2.55. The van der Waals surface area contributed by atoms with Crippen LogP contribution in [-0.2, 0) is 14.3 Å². The monoisotopic (exact) mass is 319 g/mol. The van der Waals surface area contributed by atoms with E-state index in [4.69, 9.17) is 19.5 Å². The number of nitrogens with zero attached hydrogens (tertiary/aromatic N) is 1. The van der Waals surface area contributed by atoms with Gasteiger partial charge < -0.3 is 14.2 Å². The average Bonchev–Trinajstić information content (AvgIpc) is 2.52. The summed E-state index contributed by atoms with van der Waals surface area (Å²) in [6, 6.07) is 8.24. The van der Waals surface area contributed by atoms with Crippen LogP contribution in [0.3, 0.4) is 0 Å². The molecule has 0 aliphatic carbocycles. The smallest absolute Gasteiger partial charge is 0.339 e. The molecule has 0 unspecified atom stereocenters. The van der Waals surface area contributed by atoms with E-state index in [2.05, 4.69) is 0 Å². The van der Waals surface area contributed by atoms with E-state index in [0.29, 0.717) is 11.3 Å². The maximum absolute atomic E-state index is 11.9. The van der Waals surface area contributed by atoms with E-state index < -0.39 is 17.5 Å². The van der Waals surface area contributed by atoms with Crippen molar-refractivity contribution in [2.45, 2.75) is 33.3 Å². The third kappa shape index (κ3) is 5.99.